The fourth-order valence-corrected chi connectivity index (χ4v) is 6.67. The summed E-state index contributed by atoms with van der Waals surface area (Å²) in [6.07, 6.45) is 5.26. The van der Waals surface area contributed by atoms with Crippen LogP contribution in [0.1, 0.15) is 103 Å². The second-order valence-corrected chi connectivity index (χ2v) is 12.0. The largest absolute Gasteiger partial charge is 0.417 e. The first-order chi connectivity index (χ1) is 18.8. The van der Waals surface area contributed by atoms with Crippen molar-refractivity contribution in [3.05, 3.63) is 29.3 Å². The number of unbranched alkanes of at least 4 members (excludes halogenated alkanes) is 5. The molecule has 0 aromatic heterocycles. The molecule has 40 heavy (non-hydrogen) atoms. The van der Waals surface area contributed by atoms with Gasteiger partial charge in [0.1, 0.15) is 5.54 Å². The summed E-state index contributed by atoms with van der Waals surface area (Å²) in [6.45, 7) is 10.2. The Morgan fingerprint density at radius 3 is 2.25 bits per heavy atom. The number of thiocarbonyl (C=S) groups is 1. The first kappa shape index (κ1) is 32.3. The van der Waals surface area contributed by atoms with Gasteiger partial charge in [-0.25, -0.2) is 0 Å². The summed E-state index contributed by atoms with van der Waals surface area (Å²) < 4.78 is 40.5. The molecule has 2 aliphatic heterocycles. The number of nitrogens with zero attached hydrogens (tertiary/aromatic N) is 4. The third kappa shape index (κ3) is 6.80. The zero-order valence-corrected chi connectivity index (χ0v) is 25.0. The molecule has 1 atom stereocenters. The normalized spacial score (nSPS) is 20.0. The number of carbonyl (C=O) groups excluding carboxylic acids is 1. The molecule has 0 bridgehead atoms. The Bertz CT molecular complexity index is 1100. The van der Waals surface area contributed by atoms with E-state index in [-0.39, 0.29) is 22.7 Å². The fourth-order valence-electron chi connectivity index (χ4n) is 6.16. The Hall–Kier alpha value is -2.22. The molecule has 2 fully saturated rings. The maximum absolute atomic E-state index is 13.5. The zero-order chi connectivity index (χ0) is 29.7. The van der Waals surface area contributed by atoms with Gasteiger partial charge in [-0.15, -0.1) is 0 Å². The molecule has 1 unspecified atom stereocenters. The Morgan fingerprint density at radius 2 is 1.68 bits per heavy atom. The van der Waals surface area contributed by atoms with E-state index < -0.39 is 28.4 Å². The van der Waals surface area contributed by atoms with Crippen LogP contribution in [0.5, 0.6) is 0 Å². The van der Waals surface area contributed by atoms with E-state index in [1.165, 1.54) is 6.07 Å². The molecule has 3 rings (SSSR count). The lowest BCUT2D eigenvalue weighted by Crippen LogP contribution is -2.49. The van der Waals surface area contributed by atoms with E-state index in [1.54, 1.807) is 24.8 Å². The Morgan fingerprint density at radius 1 is 1.07 bits per heavy atom. The van der Waals surface area contributed by atoms with Crippen LogP contribution in [-0.2, 0) is 11.0 Å². The van der Waals surface area contributed by atoms with Gasteiger partial charge >= 0.3 is 6.18 Å². The number of hydrogen-bond acceptors (Lipinski definition) is 5. The minimum atomic E-state index is -4.72. The van der Waals surface area contributed by atoms with Crippen LogP contribution in [0.25, 0.3) is 0 Å². The summed E-state index contributed by atoms with van der Waals surface area (Å²) in [7, 11) is 0. The number of hydrogen-bond donors (Lipinski definition) is 1. The van der Waals surface area contributed by atoms with E-state index in [9.17, 15) is 23.1 Å². The van der Waals surface area contributed by atoms with Gasteiger partial charge in [-0.05, 0) is 95.9 Å². The highest BCUT2D eigenvalue weighted by atomic mass is 32.1. The average Bonchev–Trinajstić information content (AvgIpc) is 3.45. The van der Waals surface area contributed by atoms with Crippen LogP contribution in [0, 0.1) is 11.3 Å². The zero-order valence-electron chi connectivity index (χ0n) is 24.2. The minimum absolute atomic E-state index is 0.0217. The van der Waals surface area contributed by atoms with Crippen molar-refractivity contribution in [2.24, 2.45) is 0 Å². The molecule has 1 amide bonds. The SMILES string of the molecule is CCC(O)(CC)C1CCCN1CCCCCCCCN1C(=S)N(c2ccc(C#N)c(C(F)(F)F)c2)C(=O)C1(C)C. The minimum Gasteiger partial charge on any atom is -0.388 e. The van der Waals surface area contributed by atoms with Crippen LogP contribution in [-0.4, -0.2) is 62.7 Å². The van der Waals surface area contributed by atoms with Gasteiger partial charge in [0, 0.05) is 12.6 Å². The summed E-state index contributed by atoms with van der Waals surface area (Å²) in [5, 5.41) is 20.2. The second-order valence-electron chi connectivity index (χ2n) is 11.6. The number of benzene rings is 1. The van der Waals surface area contributed by atoms with Gasteiger partial charge in [-0.3, -0.25) is 14.6 Å². The summed E-state index contributed by atoms with van der Waals surface area (Å²) in [5.74, 6) is -0.381. The maximum Gasteiger partial charge on any atom is 0.417 e. The summed E-state index contributed by atoms with van der Waals surface area (Å²) in [5.41, 5.74) is -3.11. The summed E-state index contributed by atoms with van der Waals surface area (Å²) in [4.78, 5) is 18.7. The molecule has 0 spiro atoms. The molecule has 1 aromatic rings. The van der Waals surface area contributed by atoms with Crippen molar-refractivity contribution in [2.75, 3.05) is 24.5 Å². The molecule has 10 heteroatoms. The van der Waals surface area contributed by atoms with Crippen molar-refractivity contribution in [1.82, 2.24) is 9.80 Å². The van der Waals surface area contributed by atoms with E-state index in [2.05, 4.69) is 18.7 Å². The number of likely N-dealkylation sites (tertiary alicyclic amines) is 1. The number of halogens is 3. The fraction of sp³-hybridized carbons (Fsp3) is 0.700. The van der Waals surface area contributed by atoms with Crippen LogP contribution >= 0.6 is 12.2 Å². The molecule has 1 N–H and O–H groups in total. The molecule has 2 heterocycles. The quantitative estimate of drug-likeness (QED) is 0.208. The van der Waals surface area contributed by atoms with Crippen molar-refractivity contribution in [3.8, 4) is 6.07 Å². The Kier molecular flexibility index (Phi) is 10.6. The molecular weight excluding hydrogens is 537 g/mol. The third-order valence-electron chi connectivity index (χ3n) is 8.80. The average molecular weight is 581 g/mol. The monoisotopic (exact) mass is 580 g/mol. The maximum atomic E-state index is 13.5. The topological polar surface area (TPSA) is 70.8 Å². The highest BCUT2D eigenvalue weighted by molar-refractivity contribution is 7.80. The molecule has 2 aliphatic rings. The lowest BCUT2D eigenvalue weighted by Gasteiger charge is -2.38. The van der Waals surface area contributed by atoms with Gasteiger partial charge in [0.15, 0.2) is 5.11 Å². The smallest absolute Gasteiger partial charge is 0.388 e. The summed E-state index contributed by atoms with van der Waals surface area (Å²) >= 11 is 5.57. The van der Waals surface area contributed by atoms with Gasteiger partial charge in [-0.1, -0.05) is 39.5 Å². The first-order valence-corrected chi connectivity index (χ1v) is 15.0. The van der Waals surface area contributed by atoms with Crippen LogP contribution in [0.4, 0.5) is 18.9 Å². The number of alkyl halides is 3. The van der Waals surface area contributed by atoms with Crippen molar-refractivity contribution >= 4 is 28.9 Å². The van der Waals surface area contributed by atoms with E-state index >= 15 is 0 Å². The standard InChI is InChI=1S/C30H43F3N4O2S/c1-5-29(39,6-2)25-14-13-18-35(25)17-11-9-7-8-10-12-19-36-27(40)37(26(38)28(36,3)4)23-16-15-22(21-34)24(20-23)30(31,32)33/h15-16,20,25,39H,5-14,17-19H2,1-4H3. The van der Waals surface area contributed by atoms with E-state index in [1.807, 2.05) is 0 Å². The predicted molar refractivity (Wildman–Crippen MR) is 155 cm³/mol. The van der Waals surface area contributed by atoms with Crippen molar-refractivity contribution in [2.45, 2.75) is 115 Å². The molecule has 1 aromatic carbocycles. The number of amides is 1. The van der Waals surface area contributed by atoms with Crippen LogP contribution in [0.2, 0.25) is 0 Å². The second kappa shape index (κ2) is 13.2. The number of nitriles is 1. The number of anilines is 1. The predicted octanol–water partition coefficient (Wildman–Crippen LogP) is 6.65. The lowest BCUT2D eigenvalue weighted by molar-refractivity contribution is -0.137. The molecule has 6 nitrogen and oxygen atoms in total. The van der Waals surface area contributed by atoms with Gasteiger partial charge in [-0.2, -0.15) is 18.4 Å². The Labute approximate surface area is 242 Å². The van der Waals surface area contributed by atoms with E-state index in [4.69, 9.17) is 17.5 Å². The Balaban J connectivity index is 1.48. The van der Waals surface area contributed by atoms with Gasteiger partial charge in [0.25, 0.3) is 5.91 Å². The van der Waals surface area contributed by atoms with E-state index in [0.717, 1.165) is 94.3 Å². The van der Waals surface area contributed by atoms with Crippen molar-refractivity contribution in [3.63, 3.8) is 0 Å². The van der Waals surface area contributed by atoms with E-state index in [0.29, 0.717) is 6.54 Å². The van der Waals surface area contributed by atoms with Gasteiger partial charge < -0.3 is 10.0 Å². The van der Waals surface area contributed by atoms with Crippen molar-refractivity contribution < 1.29 is 23.1 Å². The third-order valence-corrected chi connectivity index (χ3v) is 9.20. The molecule has 222 valence electrons. The first-order valence-electron chi connectivity index (χ1n) is 14.6. The highest BCUT2D eigenvalue weighted by Crippen LogP contribution is 2.38. The molecule has 0 saturated carbocycles. The molecule has 2 saturated heterocycles. The van der Waals surface area contributed by atoms with Gasteiger partial charge in [0.05, 0.1) is 28.5 Å². The lowest BCUT2D eigenvalue weighted by atomic mass is 9.87. The molecule has 0 radical (unpaired) electrons. The van der Waals surface area contributed by atoms with Crippen LogP contribution in [0.15, 0.2) is 18.2 Å². The number of carbonyl (C=O) groups is 1. The highest BCUT2D eigenvalue weighted by Gasteiger charge is 2.49. The summed E-state index contributed by atoms with van der Waals surface area (Å²) in [6, 6.07) is 5.09. The molecular formula is C30H43F3N4O2S. The number of rotatable bonds is 13. The number of aliphatic hydroxyl groups is 1. The molecule has 0 aliphatic carbocycles. The van der Waals surface area contributed by atoms with Crippen molar-refractivity contribution in [1.29, 1.82) is 5.26 Å². The van der Waals surface area contributed by atoms with Crippen LogP contribution in [0.3, 0.4) is 0 Å². The van der Waals surface area contributed by atoms with Gasteiger partial charge in [0.2, 0.25) is 0 Å². The van der Waals surface area contributed by atoms with Crippen LogP contribution < -0.4 is 4.90 Å².